The number of hydrogen-bond donors (Lipinski definition) is 1. The summed E-state index contributed by atoms with van der Waals surface area (Å²) in [5.74, 6) is -2.39. The molecule has 0 atom stereocenters. The number of hydrogen-bond acceptors (Lipinski definition) is 3. The fraction of sp³-hybridized carbons (Fsp3) is 0. The fourth-order valence-electron chi connectivity index (χ4n) is 1.29. The van der Waals surface area contributed by atoms with Crippen LogP contribution in [-0.2, 0) is 0 Å². The molecule has 0 aliphatic carbocycles. The summed E-state index contributed by atoms with van der Waals surface area (Å²) in [4.78, 5) is 14.4. The van der Waals surface area contributed by atoms with Crippen LogP contribution in [0.2, 0.25) is 0 Å². The molecule has 6 heteroatoms. The van der Waals surface area contributed by atoms with Crippen LogP contribution in [0, 0.1) is 5.82 Å². The minimum absolute atomic E-state index is 0.353. The summed E-state index contributed by atoms with van der Waals surface area (Å²) < 4.78 is 19.6. The topological polar surface area (TPSA) is 59.4 Å². The highest BCUT2D eigenvalue weighted by Gasteiger charge is 2.17. The number of pyridine rings is 1. The number of ether oxygens (including phenoxy) is 1. The SMILES string of the molecule is O=C(O)c1ccnc(Oc2ccccc2Br)c1F. The van der Waals surface area contributed by atoms with Crippen molar-refractivity contribution in [2.24, 2.45) is 0 Å². The molecule has 18 heavy (non-hydrogen) atoms. The van der Waals surface area contributed by atoms with Gasteiger partial charge in [0.25, 0.3) is 5.88 Å². The zero-order chi connectivity index (χ0) is 13.1. The van der Waals surface area contributed by atoms with Crippen LogP contribution in [0.25, 0.3) is 0 Å². The highest BCUT2D eigenvalue weighted by atomic mass is 79.9. The Labute approximate surface area is 110 Å². The van der Waals surface area contributed by atoms with Crippen molar-refractivity contribution >= 4 is 21.9 Å². The Balaban J connectivity index is 2.39. The average Bonchev–Trinajstić information content (AvgIpc) is 2.34. The van der Waals surface area contributed by atoms with Gasteiger partial charge in [0.1, 0.15) is 11.3 Å². The Morgan fingerprint density at radius 2 is 2.06 bits per heavy atom. The number of carboxylic acid groups (broad SMARTS) is 1. The van der Waals surface area contributed by atoms with Gasteiger partial charge in [0.05, 0.1) is 4.47 Å². The van der Waals surface area contributed by atoms with Gasteiger partial charge in [0.15, 0.2) is 5.82 Å². The van der Waals surface area contributed by atoms with Gasteiger partial charge < -0.3 is 9.84 Å². The van der Waals surface area contributed by atoms with E-state index in [1.54, 1.807) is 24.3 Å². The van der Waals surface area contributed by atoms with E-state index in [9.17, 15) is 9.18 Å². The van der Waals surface area contributed by atoms with Gasteiger partial charge in [-0.3, -0.25) is 0 Å². The summed E-state index contributed by atoms with van der Waals surface area (Å²) >= 11 is 3.23. The van der Waals surface area contributed by atoms with Crippen molar-refractivity contribution in [3.8, 4) is 11.6 Å². The van der Waals surface area contributed by atoms with Gasteiger partial charge in [-0.25, -0.2) is 14.2 Å². The summed E-state index contributed by atoms with van der Waals surface area (Å²) in [6.45, 7) is 0. The van der Waals surface area contributed by atoms with Crippen molar-refractivity contribution in [1.82, 2.24) is 4.98 Å². The highest BCUT2D eigenvalue weighted by molar-refractivity contribution is 9.10. The smallest absolute Gasteiger partial charge is 0.338 e. The third kappa shape index (κ3) is 2.48. The van der Waals surface area contributed by atoms with E-state index >= 15 is 0 Å². The predicted octanol–water partition coefficient (Wildman–Crippen LogP) is 3.47. The Hall–Kier alpha value is -1.95. The largest absolute Gasteiger partial charge is 0.478 e. The van der Waals surface area contributed by atoms with Gasteiger partial charge in [-0.15, -0.1) is 0 Å². The number of nitrogens with zero attached hydrogens (tertiary/aromatic N) is 1. The lowest BCUT2D eigenvalue weighted by molar-refractivity contribution is 0.0690. The van der Waals surface area contributed by atoms with Crippen molar-refractivity contribution < 1.29 is 19.0 Å². The second-order valence-corrected chi connectivity index (χ2v) is 4.17. The van der Waals surface area contributed by atoms with Crippen molar-refractivity contribution in [2.45, 2.75) is 0 Å². The zero-order valence-electron chi connectivity index (χ0n) is 8.93. The molecule has 0 bridgehead atoms. The van der Waals surface area contributed by atoms with E-state index in [1.165, 1.54) is 6.20 Å². The summed E-state index contributed by atoms with van der Waals surface area (Å²) in [6, 6.07) is 7.88. The molecule has 0 amide bonds. The molecule has 1 aromatic carbocycles. The maximum Gasteiger partial charge on any atom is 0.338 e. The van der Waals surface area contributed by atoms with Crippen molar-refractivity contribution in [2.75, 3.05) is 0 Å². The van der Waals surface area contributed by atoms with Crippen LogP contribution in [0.5, 0.6) is 11.6 Å². The summed E-state index contributed by atoms with van der Waals surface area (Å²) in [5.41, 5.74) is -0.480. The van der Waals surface area contributed by atoms with Crippen LogP contribution >= 0.6 is 15.9 Å². The second-order valence-electron chi connectivity index (χ2n) is 3.32. The normalized spacial score (nSPS) is 10.1. The third-order valence-electron chi connectivity index (χ3n) is 2.13. The summed E-state index contributed by atoms with van der Waals surface area (Å²) in [5, 5.41) is 8.78. The van der Waals surface area contributed by atoms with Crippen LogP contribution in [0.1, 0.15) is 10.4 Å². The monoisotopic (exact) mass is 311 g/mol. The second kappa shape index (κ2) is 5.14. The molecule has 1 heterocycles. The Morgan fingerprint density at radius 1 is 1.33 bits per heavy atom. The van der Waals surface area contributed by atoms with E-state index in [-0.39, 0.29) is 5.88 Å². The van der Waals surface area contributed by atoms with Crippen molar-refractivity contribution in [1.29, 1.82) is 0 Å². The Bertz CT molecular complexity index is 604. The standard InChI is InChI=1S/C12H7BrFNO3/c13-8-3-1-2-4-9(8)18-11-10(14)7(12(16)17)5-6-15-11/h1-6H,(H,16,17). The Morgan fingerprint density at radius 3 is 2.72 bits per heavy atom. The van der Waals surface area contributed by atoms with E-state index in [4.69, 9.17) is 9.84 Å². The molecule has 0 aliphatic heterocycles. The van der Waals surface area contributed by atoms with Crippen LogP contribution in [0.15, 0.2) is 41.0 Å². The van der Waals surface area contributed by atoms with Crippen LogP contribution < -0.4 is 4.74 Å². The molecule has 0 spiro atoms. The summed E-state index contributed by atoms with van der Waals surface area (Å²) in [7, 11) is 0. The molecule has 2 rings (SSSR count). The number of halogens is 2. The number of aromatic nitrogens is 1. The molecule has 0 radical (unpaired) electrons. The van der Waals surface area contributed by atoms with E-state index in [0.29, 0.717) is 10.2 Å². The summed E-state index contributed by atoms with van der Waals surface area (Å²) in [6.07, 6.45) is 1.18. The molecule has 92 valence electrons. The molecule has 0 aliphatic rings. The van der Waals surface area contributed by atoms with Gasteiger partial charge in [-0.1, -0.05) is 12.1 Å². The molecular formula is C12H7BrFNO3. The molecule has 0 fully saturated rings. The number of aromatic carboxylic acids is 1. The Kier molecular flexibility index (Phi) is 3.57. The minimum Gasteiger partial charge on any atom is -0.478 e. The molecule has 2 aromatic rings. The zero-order valence-corrected chi connectivity index (χ0v) is 10.5. The van der Waals surface area contributed by atoms with E-state index in [0.717, 1.165) is 6.07 Å². The molecule has 1 aromatic heterocycles. The van der Waals surface area contributed by atoms with Gasteiger partial charge >= 0.3 is 5.97 Å². The molecular weight excluding hydrogens is 305 g/mol. The number of carboxylic acids is 1. The maximum absolute atomic E-state index is 13.8. The molecule has 4 nitrogen and oxygen atoms in total. The highest BCUT2D eigenvalue weighted by Crippen LogP contribution is 2.30. The van der Waals surface area contributed by atoms with Crippen LogP contribution in [0.3, 0.4) is 0 Å². The van der Waals surface area contributed by atoms with Crippen LogP contribution in [0.4, 0.5) is 4.39 Å². The van der Waals surface area contributed by atoms with Crippen molar-refractivity contribution in [3.05, 3.63) is 52.4 Å². The van der Waals surface area contributed by atoms with E-state index < -0.39 is 17.3 Å². The third-order valence-corrected chi connectivity index (χ3v) is 2.79. The lowest BCUT2D eigenvalue weighted by atomic mass is 10.2. The first-order valence-corrected chi connectivity index (χ1v) is 5.69. The van der Waals surface area contributed by atoms with Crippen LogP contribution in [-0.4, -0.2) is 16.1 Å². The van der Waals surface area contributed by atoms with Crippen molar-refractivity contribution in [3.63, 3.8) is 0 Å². The molecule has 0 unspecified atom stereocenters. The first-order chi connectivity index (χ1) is 8.59. The fourth-order valence-corrected chi connectivity index (χ4v) is 1.66. The van der Waals surface area contributed by atoms with Gasteiger partial charge in [0, 0.05) is 6.20 Å². The first kappa shape index (κ1) is 12.5. The average molecular weight is 312 g/mol. The lowest BCUT2D eigenvalue weighted by Crippen LogP contribution is -2.03. The first-order valence-electron chi connectivity index (χ1n) is 4.90. The maximum atomic E-state index is 13.8. The molecule has 0 saturated heterocycles. The van der Waals surface area contributed by atoms with Gasteiger partial charge in [-0.2, -0.15) is 0 Å². The quantitative estimate of drug-likeness (QED) is 0.943. The number of benzene rings is 1. The number of rotatable bonds is 3. The number of carbonyl (C=O) groups is 1. The van der Waals surface area contributed by atoms with E-state index in [2.05, 4.69) is 20.9 Å². The molecule has 0 saturated carbocycles. The van der Waals surface area contributed by atoms with Gasteiger partial charge in [-0.05, 0) is 34.1 Å². The predicted molar refractivity (Wildman–Crippen MR) is 65.4 cm³/mol. The van der Waals surface area contributed by atoms with E-state index in [1.807, 2.05) is 0 Å². The molecule has 1 N–H and O–H groups in total. The number of para-hydroxylation sites is 1. The lowest BCUT2D eigenvalue weighted by Gasteiger charge is -2.08. The minimum atomic E-state index is -1.37. The van der Waals surface area contributed by atoms with Gasteiger partial charge in [0.2, 0.25) is 0 Å².